The van der Waals surface area contributed by atoms with Crippen molar-refractivity contribution in [2.24, 2.45) is 5.92 Å². The van der Waals surface area contributed by atoms with Crippen molar-refractivity contribution < 1.29 is 0 Å². The zero-order chi connectivity index (χ0) is 12.0. The normalized spacial score (nSPS) is 13.1. The maximum Gasteiger partial charge on any atom is 0.0406 e. The lowest BCUT2D eigenvalue weighted by atomic mass is 9.88. The zero-order valence-corrected chi connectivity index (χ0v) is 11.2. The molecule has 90 valence electrons. The molecule has 0 bridgehead atoms. The van der Waals surface area contributed by atoms with E-state index in [-0.39, 0.29) is 0 Å². The fourth-order valence-electron chi connectivity index (χ4n) is 2.04. The van der Waals surface area contributed by atoms with Gasteiger partial charge in [0.05, 0.1) is 0 Å². The van der Waals surface area contributed by atoms with Crippen molar-refractivity contribution in [3.05, 3.63) is 34.9 Å². The molecule has 0 saturated carbocycles. The van der Waals surface area contributed by atoms with Crippen LogP contribution in [0.25, 0.3) is 0 Å². The molecule has 0 radical (unpaired) electrons. The van der Waals surface area contributed by atoms with E-state index in [1.54, 1.807) is 0 Å². The van der Waals surface area contributed by atoms with Gasteiger partial charge in [0.25, 0.3) is 0 Å². The monoisotopic (exact) mass is 239 g/mol. The molecule has 16 heavy (non-hydrogen) atoms. The van der Waals surface area contributed by atoms with Crippen LogP contribution in [0.1, 0.15) is 38.2 Å². The highest BCUT2D eigenvalue weighted by atomic mass is 35.5. The van der Waals surface area contributed by atoms with Gasteiger partial charge in [0.15, 0.2) is 0 Å². The molecule has 0 aliphatic heterocycles. The zero-order valence-electron chi connectivity index (χ0n) is 10.5. The van der Waals surface area contributed by atoms with E-state index in [1.807, 2.05) is 19.2 Å². The largest absolute Gasteiger partial charge is 0.320 e. The molecule has 0 spiro atoms. The van der Waals surface area contributed by atoms with Gasteiger partial charge in [-0.2, -0.15) is 0 Å². The van der Waals surface area contributed by atoms with Crippen LogP contribution in [0.4, 0.5) is 0 Å². The number of rotatable bonds is 6. The van der Waals surface area contributed by atoms with Crippen LogP contribution in [0.5, 0.6) is 0 Å². The summed E-state index contributed by atoms with van der Waals surface area (Å²) in [7, 11) is 2.01. The molecule has 2 heteroatoms. The lowest BCUT2D eigenvalue weighted by Gasteiger charge is -2.19. The Kier molecular flexibility index (Phi) is 5.86. The molecule has 0 saturated heterocycles. The van der Waals surface area contributed by atoms with Gasteiger partial charge in [-0.05, 0) is 56.0 Å². The molecule has 1 aromatic rings. The Bertz CT molecular complexity index is 292. The smallest absolute Gasteiger partial charge is 0.0406 e. The summed E-state index contributed by atoms with van der Waals surface area (Å²) in [5.74, 6) is 1.38. The van der Waals surface area contributed by atoms with Crippen LogP contribution in [0.3, 0.4) is 0 Å². The van der Waals surface area contributed by atoms with Gasteiger partial charge in [0, 0.05) is 5.02 Å². The van der Waals surface area contributed by atoms with Crippen LogP contribution in [0.15, 0.2) is 24.3 Å². The standard InChI is InChI=1S/C14H22ClN/c1-11(2)10-13(8-9-16-3)12-4-6-14(15)7-5-12/h4-7,11,13,16H,8-10H2,1-3H3. The highest BCUT2D eigenvalue weighted by molar-refractivity contribution is 6.30. The molecule has 1 rings (SSSR count). The lowest BCUT2D eigenvalue weighted by Crippen LogP contribution is -2.13. The third-order valence-corrected chi connectivity index (χ3v) is 3.09. The molecule has 0 aromatic heterocycles. The fourth-order valence-corrected chi connectivity index (χ4v) is 2.17. The van der Waals surface area contributed by atoms with Crippen LogP contribution in [-0.4, -0.2) is 13.6 Å². The number of hydrogen-bond acceptors (Lipinski definition) is 1. The maximum absolute atomic E-state index is 5.91. The van der Waals surface area contributed by atoms with Crippen molar-refractivity contribution in [3.63, 3.8) is 0 Å². The molecule has 1 unspecified atom stereocenters. The first-order valence-electron chi connectivity index (χ1n) is 6.03. The molecule has 0 amide bonds. The van der Waals surface area contributed by atoms with Gasteiger partial charge < -0.3 is 5.32 Å². The molecule has 1 N–H and O–H groups in total. The number of nitrogens with one attached hydrogen (secondary N) is 1. The van der Waals surface area contributed by atoms with Gasteiger partial charge in [0.2, 0.25) is 0 Å². The van der Waals surface area contributed by atoms with E-state index < -0.39 is 0 Å². The average molecular weight is 240 g/mol. The summed E-state index contributed by atoms with van der Waals surface area (Å²) in [5, 5.41) is 4.05. The molecular weight excluding hydrogens is 218 g/mol. The van der Waals surface area contributed by atoms with Gasteiger partial charge in [-0.1, -0.05) is 37.6 Å². The van der Waals surface area contributed by atoms with E-state index in [0.29, 0.717) is 5.92 Å². The molecule has 0 fully saturated rings. The Morgan fingerprint density at radius 2 is 1.81 bits per heavy atom. The highest BCUT2D eigenvalue weighted by Crippen LogP contribution is 2.27. The molecule has 1 nitrogen and oxygen atoms in total. The number of benzene rings is 1. The van der Waals surface area contributed by atoms with E-state index in [0.717, 1.165) is 17.5 Å². The van der Waals surface area contributed by atoms with Crippen molar-refractivity contribution in [1.29, 1.82) is 0 Å². The first-order chi connectivity index (χ1) is 7.63. The minimum atomic E-state index is 0.643. The molecule has 1 aromatic carbocycles. The first-order valence-corrected chi connectivity index (χ1v) is 6.41. The summed E-state index contributed by atoms with van der Waals surface area (Å²) in [6.45, 7) is 5.63. The van der Waals surface area contributed by atoms with Crippen LogP contribution in [-0.2, 0) is 0 Å². The molecule has 1 atom stereocenters. The van der Waals surface area contributed by atoms with Crippen molar-refractivity contribution in [2.75, 3.05) is 13.6 Å². The van der Waals surface area contributed by atoms with Crippen molar-refractivity contribution in [3.8, 4) is 0 Å². The maximum atomic E-state index is 5.91. The second-order valence-corrected chi connectivity index (χ2v) is 5.21. The SMILES string of the molecule is CNCCC(CC(C)C)c1ccc(Cl)cc1. The van der Waals surface area contributed by atoms with Crippen LogP contribution in [0, 0.1) is 5.92 Å². The van der Waals surface area contributed by atoms with Crippen LogP contribution in [0.2, 0.25) is 5.02 Å². The summed E-state index contributed by atoms with van der Waals surface area (Å²) in [6, 6.07) is 8.29. The number of hydrogen-bond donors (Lipinski definition) is 1. The van der Waals surface area contributed by atoms with Crippen LogP contribution >= 0.6 is 11.6 Å². The second-order valence-electron chi connectivity index (χ2n) is 4.77. The second kappa shape index (κ2) is 6.93. The van der Waals surface area contributed by atoms with Crippen molar-refractivity contribution in [1.82, 2.24) is 5.32 Å². The third-order valence-electron chi connectivity index (χ3n) is 2.84. The highest BCUT2D eigenvalue weighted by Gasteiger charge is 2.12. The summed E-state index contributed by atoms with van der Waals surface area (Å²) in [4.78, 5) is 0. The van der Waals surface area contributed by atoms with Gasteiger partial charge >= 0.3 is 0 Å². The summed E-state index contributed by atoms with van der Waals surface area (Å²) < 4.78 is 0. The van der Waals surface area contributed by atoms with Crippen LogP contribution < -0.4 is 5.32 Å². The molecule has 0 aliphatic rings. The van der Waals surface area contributed by atoms with E-state index in [4.69, 9.17) is 11.6 Å². The molecule has 0 heterocycles. The minimum Gasteiger partial charge on any atom is -0.320 e. The summed E-state index contributed by atoms with van der Waals surface area (Å²) in [5.41, 5.74) is 1.41. The van der Waals surface area contributed by atoms with E-state index >= 15 is 0 Å². The lowest BCUT2D eigenvalue weighted by molar-refractivity contribution is 0.470. The summed E-state index contributed by atoms with van der Waals surface area (Å²) >= 11 is 5.91. The average Bonchev–Trinajstić information content (AvgIpc) is 2.25. The van der Waals surface area contributed by atoms with Crippen molar-refractivity contribution in [2.45, 2.75) is 32.6 Å². The predicted octanol–water partition coefficient (Wildman–Crippen LogP) is 4.08. The van der Waals surface area contributed by atoms with Gasteiger partial charge in [-0.15, -0.1) is 0 Å². The van der Waals surface area contributed by atoms with Crippen molar-refractivity contribution >= 4 is 11.6 Å². The van der Waals surface area contributed by atoms with E-state index in [2.05, 4.69) is 31.3 Å². The Morgan fingerprint density at radius 1 is 1.19 bits per heavy atom. The quantitative estimate of drug-likeness (QED) is 0.789. The van der Waals surface area contributed by atoms with Gasteiger partial charge in [-0.3, -0.25) is 0 Å². The van der Waals surface area contributed by atoms with E-state index in [1.165, 1.54) is 18.4 Å². The Balaban J connectivity index is 2.70. The number of halogens is 1. The Morgan fingerprint density at radius 3 is 2.31 bits per heavy atom. The third kappa shape index (κ3) is 4.54. The topological polar surface area (TPSA) is 12.0 Å². The molecule has 0 aliphatic carbocycles. The summed E-state index contributed by atoms with van der Waals surface area (Å²) in [6.07, 6.45) is 2.43. The predicted molar refractivity (Wildman–Crippen MR) is 72.2 cm³/mol. The Labute approximate surface area is 104 Å². The molecular formula is C14H22ClN. The van der Waals surface area contributed by atoms with Gasteiger partial charge in [-0.25, -0.2) is 0 Å². The minimum absolute atomic E-state index is 0.643. The van der Waals surface area contributed by atoms with Gasteiger partial charge in [0.1, 0.15) is 0 Å². The first kappa shape index (κ1) is 13.5. The fraction of sp³-hybridized carbons (Fsp3) is 0.571. The van der Waals surface area contributed by atoms with E-state index in [9.17, 15) is 0 Å². The Hall–Kier alpha value is -0.530.